The van der Waals surface area contributed by atoms with Gasteiger partial charge in [0.2, 0.25) is 0 Å². The molecule has 0 amide bonds. The average Bonchev–Trinajstić information content (AvgIpc) is 3.05. The maximum absolute atomic E-state index is 5.68. The number of aryl methyl sites for hydroxylation is 1. The van der Waals surface area contributed by atoms with E-state index in [1.165, 1.54) is 35.4 Å². The summed E-state index contributed by atoms with van der Waals surface area (Å²) in [6.07, 6.45) is 7.52. The molecule has 18 heavy (non-hydrogen) atoms. The number of rotatable bonds is 7. The highest BCUT2D eigenvalue weighted by atomic mass is 32.1. The highest BCUT2D eigenvalue weighted by Gasteiger charge is 2.17. The molecule has 1 aromatic heterocycles. The van der Waals surface area contributed by atoms with Gasteiger partial charge in [0, 0.05) is 16.4 Å². The molecule has 2 unspecified atom stereocenters. The normalized spacial score (nSPS) is 21.3. The second kappa shape index (κ2) is 7.24. The van der Waals surface area contributed by atoms with Crippen molar-refractivity contribution in [3.05, 3.63) is 21.9 Å². The van der Waals surface area contributed by atoms with E-state index < -0.39 is 0 Å². The third-order valence-corrected chi connectivity index (χ3v) is 4.96. The molecule has 3 N–H and O–H groups in total. The first-order valence-corrected chi connectivity index (χ1v) is 7.81. The molecule has 3 nitrogen and oxygen atoms in total. The molecule has 0 aliphatic carbocycles. The fourth-order valence-corrected chi connectivity index (χ4v) is 3.55. The van der Waals surface area contributed by atoms with Gasteiger partial charge in [0.25, 0.3) is 0 Å². The standard InChI is InChI=1S/C14H24N2OS/c1-2-12-8-9-14(18-12)13(16-15)7-3-5-11-6-4-10-17-11/h8-9,11,13,16H,2-7,10,15H2,1H3. The summed E-state index contributed by atoms with van der Waals surface area (Å²) < 4.78 is 5.65. The van der Waals surface area contributed by atoms with E-state index in [4.69, 9.17) is 10.6 Å². The molecule has 2 rings (SSSR count). The van der Waals surface area contributed by atoms with E-state index in [1.807, 2.05) is 11.3 Å². The average molecular weight is 268 g/mol. The quantitative estimate of drug-likeness (QED) is 0.590. The number of hydrazine groups is 1. The summed E-state index contributed by atoms with van der Waals surface area (Å²) in [5.41, 5.74) is 2.95. The van der Waals surface area contributed by atoms with Crippen LogP contribution in [-0.2, 0) is 11.2 Å². The number of nitrogens with two attached hydrogens (primary N) is 1. The van der Waals surface area contributed by atoms with Gasteiger partial charge >= 0.3 is 0 Å². The highest BCUT2D eigenvalue weighted by Crippen LogP contribution is 2.28. The second-order valence-corrected chi connectivity index (χ2v) is 6.14. The predicted octanol–water partition coefficient (Wildman–Crippen LogP) is 3.16. The number of ether oxygens (including phenoxy) is 1. The Bertz CT molecular complexity index is 347. The fourth-order valence-electron chi connectivity index (χ4n) is 2.50. The predicted molar refractivity (Wildman–Crippen MR) is 76.6 cm³/mol. The van der Waals surface area contributed by atoms with E-state index in [9.17, 15) is 0 Å². The van der Waals surface area contributed by atoms with E-state index in [1.54, 1.807) is 0 Å². The van der Waals surface area contributed by atoms with Gasteiger partial charge in [0.1, 0.15) is 0 Å². The molecule has 4 heteroatoms. The first-order chi connectivity index (χ1) is 8.83. The van der Waals surface area contributed by atoms with Crippen molar-refractivity contribution in [2.24, 2.45) is 5.84 Å². The van der Waals surface area contributed by atoms with Crippen LogP contribution in [0.5, 0.6) is 0 Å². The SMILES string of the molecule is CCc1ccc(C(CCCC2CCCO2)NN)s1. The van der Waals surface area contributed by atoms with Crippen LogP contribution in [-0.4, -0.2) is 12.7 Å². The Balaban J connectivity index is 1.77. The molecule has 2 atom stereocenters. The molecular formula is C14H24N2OS. The van der Waals surface area contributed by atoms with Gasteiger partial charge in [-0.25, -0.2) is 0 Å². The van der Waals surface area contributed by atoms with Crippen molar-refractivity contribution in [1.82, 2.24) is 5.43 Å². The molecule has 1 aliphatic heterocycles. The zero-order valence-electron chi connectivity index (χ0n) is 11.2. The molecule has 1 fully saturated rings. The molecule has 0 spiro atoms. The molecule has 2 heterocycles. The minimum absolute atomic E-state index is 0.303. The zero-order valence-corrected chi connectivity index (χ0v) is 12.0. The van der Waals surface area contributed by atoms with E-state index in [-0.39, 0.29) is 0 Å². The number of hydrogen-bond acceptors (Lipinski definition) is 4. The minimum atomic E-state index is 0.303. The third-order valence-electron chi connectivity index (χ3n) is 3.62. The lowest BCUT2D eigenvalue weighted by molar-refractivity contribution is 0.101. The van der Waals surface area contributed by atoms with Crippen LogP contribution in [0.4, 0.5) is 0 Å². The summed E-state index contributed by atoms with van der Waals surface area (Å²) in [5.74, 6) is 5.68. The Labute approximate surface area is 114 Å². The summed E-state index contributed by atoms with van der Waals surface area (Å²) >= 11 is 1.87. The van der Waals surface area contributed by atoms with E-state index in [2.05, 4.69) is 24.5 Å². The molecular weight excluding hydrogens is 244 g/mol. The van der Waals surface area contributed by atoms with E-state index in [0.717, 1.165) is 19.4 Å². The maximum Gasteiger partial charge on any atom is 0.0576 e. The summed E-state index contributed by atoms with van der Waals surface area (Å²) in [6, 6.07) is 4.72. The van der Waals surface area contributed by atoms with Crippen molar-refractivity contribution >= 4 is 11.3 Å². The Kier molecular flexibility index (Phi) is 5.63. The largest absolute Gasteiger partial charge is 0.378 e. The van der Waals surface area contributed by atoms with Gasteiger partial charge in [-0.2, -0.15) is 0 Å². The summed E-state index contributed by atoms with van der Waals surface area (Å²) in [7, 11) is 0. The lowest BCUT2D eigenvalue weighted by Crippen LogP contribution is -2.27. The molecule has 1 aromatic rings. The van der Waals surface area contributed by atoms with Gasteiger partial charge in [-0.15, -0.1) is 11.3 Å². The number of nitrogens with one attached hydrogen (secondary N) is 1. The van der Waals surface area contributed by atoms with Crippen molar-refractivity contribution in [2.45, 2.75) is 57.6 Å². The molecule has 102 valence electrons. The molecule has 1 aliphatic rings. The molecule has 0 bridgehead atoms. The number of thiophene rings is 1. The Morgan fingerprint density at radius 3 is 3.06 bits per heavy atom. The van der Waals surface area contributed by atoms with Crippen molar-refractivity contribution in [1.29, 1.82) is 0 Å². The van der Waals surface area contributed by atoms with E-state index in [0.29, 0.717) is 12.1 Å². The smallest absolute Gasteiger partial charge is 0.0576 e. The van der Waals surface area contributed by atoms with Crippen molar-refractivity contribution in [2.75, 3.05) is 6.61 Å². The Hall–Kier alpha value is -0.420. The molecule has 0 aromatic carbocycles. The molecule has 1 saturated heterocycles. The maximum atomic E-state index is 5.68. The van der Waals surface area contributed by atoms with Crippen LogP contribution in [0.15, 0.2) is 12.1 Å². The lowest BCUT2D eigenvalue weighted by Gasteiger charge is -2.15. The van der Waals surface area contributed by atoms with Crippen LogP contribution in [0, 0.1) is 0 Å². The van der Waals surface area contributed by atoms with Crippen LogP contribution in [0.25, 0.3) is 0 Å². The van der Waals surface area contributed by atoms with Crippen molar-refractivity contribution < 1.29 is 4.74 Å². The Morgan fingerprint density at radius 1 is 1.56 bits per heavy atom. The topological polar surface area (TPSA) is 47.3 Å². The Morgan fingerprint density at radius 2 is 2.44 bits per heavy atom. The first kappa shape index (κ1) is 14.0. The molecule has 0 saturated carbocycles. The fraction of sp³-hybridized carbons (Fsp3) is 0.714. The number of hydrogen-bond donors (Lipinski definition) is 2. The van der Waals surface area contributed by atoms with Crippen LogP contribution >= 0.6 is 11.3 Å². The van der Waals surface area contributed by atoms with Gasteiger partial charge in [-0.05, 0) is 50.7 Å². The lowest BCUT2D eigenvalue weighted by atomic mass is 10.0. The second-order valence-electron chi connectivity index (χ2n) is 4.94. The molecule has 0 radical (unpaired) electrons. The van der Waals surface area contributed by atoms with Gasteiger partial charge < -0.3 is 4.74 Å². The van der Waals surface area contributed by atoms with Crippen LogP contribution in [0.3, 0.4) is 0 Å². The van der Waals surface area contributed by atoms with Gasteiger partial charge in [0.05, 0.1) is 12.1 Å². The summed E-state index contributed by atoms with van der Waals surface area (Å²) in [5, 5.41) is 0. The van der Waals surface area contributed by atoms with Crippen LogP contribution in [0.2, 0.25) is 0 Å². The van der Waals surface area contributed by atoms with E-state index >= 15 is 0 Å². The zero-order chi connectivity index (χ0) is 12.8. The van der Waals surface area contributed by atoms with Gasteiger partial charge in [0.15, 0.2) is 0 Å². The monoisotopic (exact) mass is 268 g/mol. The third kappa shape index (κ3) is 3.79. The van der Waals surface area contributed by atoms with Crippen molar-refractivity contribution in [3.8, 4) is 0 Å². The van der Waals surface area contributed by atoms with Gasteiger partial charge in [-0.1, -0.05) is 6.92 Å². The minimum Gasteiger partial charge on any atom is -0.378 e. The first-order valence-electron chi connectivity index (χ1n) is 6.99. The van der Waals surface area contributed by atoms with Crippen LogP contribution in [0.1, 0.15) is 54.8 Å². The van der Waals surface area contributed by atoms with Gasteiger partial charge in [-0.3, -0.25) is 11.3 Å². The highest BCUT2D eigenvalue weighted by molar-refractivity contribution is 7.12. The van der Waals surface area contributed by atoms with Crippen LogP contribution < -0.4 is 11.3 Å². The van der Waals surface area contributed by atoms with Crippen molar-refractivity contribution in [3.63, 3.8) is 0 Å². The summed E-state index contributed by atoms with van der Waals surface area (Å²) in [6.45, 7) is 3.14. The summed E-state index contributed by atoms with van der Waals surface area (Å²) in [4.78, 5) is 2.80.